The van der Waals surface area contributed by atoms with E-state index in [1.165, 1.54) is 37.5 Å². The Bertz CT molecular complexity index is 985. The fourth-order valence-corrected chi connectivity index (χ4v) is 6.04. The maximum atomic E-state index is 13.0. The summed E-state index contributed by atoms with van der Waals surface area (Å²) in [4.78, 5) is 30.7. The Hall–Kier alpha value is -2.90. The Kier molecular flexibility index (Phi) is 5.16. The second-order valence-electron chi connectivity index (χ2n) is 9.34. The maximum absolute atomic E-state index is 13.0. The molecule has 0 atom stereocenters. The molecule has 1 aromatic carbocycles. The third-order valence-electron chi connectivity index (χ3n) is 6.80. The van der Waals surface area contributed by atoms with Crippen molar-refractivity contribution in [3.05, 3.63) is 52.2 Å². The van der Waals surface area contributed by atoms with Gasteiger partial charge in [-0.3, -0.25) is 9.78 Å². The van der Waals surface area contributed by atoms with Crippen molar-refractivity contribution in [2.45, 2.75) is 50.7 Å². The summed E-state index contributed by atoms with van der Waals surface area (Å²) in [7, 11) is 0. The lowest BCUT2D eigenvalue weighted by molar-refractivity contribution is -0.128. The lowest BCUT2D eigenvalue weighted by atomic mass is 9.53. The van der Waals surface area contributed by atoms with E-state index in [1.54, 1.807) is 12.1 Å². The molecule has 1 amide bonds. The minimum Gasteiger partial charge on any atom is -0.473 e. The van der Waals surface area contributed by atoms with E-state index in [9.17, 15) is 14.0 Å². The topological polar surface area (TPSA) is 93.3 Å². The van der Waals surface area contributed by atoms with Crippen molar-refractivity contribution in [3.8, 4) is 11.8 Å². The molecule has 6 rings (SSSR count). The number of carbonyl (C=O) groups is 1. The number of aromatic amines is 1. The molecule has 8 heteroatoms. The van der Waals surface area contributed by atoms with Gasteiger partial charge in [0, 0.05) is 5.54 Å². The molecule has 4 aliphatic carbocycles. The fraction of sp³-hybridized carbons (Fsp3) is 0.522. The van der Waals surface area contributed by atoms with Gasteiger partial charge >= 0.3 is 5.69 Å². The number of amides is 1. The van der Waals surface area contributed by atoms with Crippen LogP contribution in [0.15, 0.2) is 35.1 Å². The number of nitrogens with zero attached hydrogens (tertiary/aromatic N) is 1. The predicted octanol–water partition coefficient (Wildman–Crippen LogP) is 2.95. The van der Waals surface area contributed by atoms with Crippen LogP contribution in [0, 0.1) is 23.6 Å². The van der Waals surface area contributed by atoms with Crippen molar-refractivity contribution in [1.29, 1.82) is 0 Å². The number of rotatable bonds is 7. The van der Waals surface area contributed by atoms with Crippen LogP contribution in [0.1, 0.15) is 44.1 Å². The van der Waals surface area contributed by atoms with E-state index in [-0.39, 0.29) is 42.2 Å². The summed E-state index contributed by atoms with van der Waals surface area (Å²) in [6, 6.07) is 7.29. The number of ether oxygens (including phenoxy) is 2. The van der Waals surface area contributed by atoms with Crippen LogP contribution in [0.4, 0.5) is 4.39 Å². The van der Waals surface area contributed by atoms with E-state index in [4.69, 9.17) is 9.47 Å². The van der Waals surface area contributed by atoms with Gasteiger partial charge in [0.05, 0.1) is 6.07 Å². The summed E-state index contributed by atoms with van der Waals surface area (Å²) in [6.07, 6.45) is 7.13. The highest BCUT2D eigenvalue weighted by Crippen LogP contribution is 2.55. The number of H-pyrrole nitrogens is 1. The molecule has 0 unspecified atom stereocenters. The number of aromatic nitrogens is 2. The van der Waals surface area contributed by atoms with Crippen LogP contribution in [0.3, 0.4) is 0 Å². The first-order valence-corrected chi connectivity index (χ1v) is 10.9. The minimum atomic E-state index is -0.631. The van der Waals surface area contributed by atoms with Gasteiger partial charge in [0.2, 0.25) is 11.8 Å². The van der Waals surface area contributed by atoms with Gasteiger partial charge in [-0.25, -0.2) is 9.18 Å². The second kappa shape index (κ2) is 7.98. The van der Waals surface area contributed by atoms with Crippen molar-refractivity contribution in [2.24, 2.45) is 17.8 Å². The zero-order chi connectivity index (χ0) is 21.4. The Morgan fingerprint density at radius 3 is 2.39 bits per heavy atom. The van der Waals surface area contributed by atoms with E-state index < -0.39 is 5.69 Å². The van der Waals surface area contributed by atoms with Crippen LogP contribution in [0.5, 0.6) is 11.8 Å². The van der Waals surface area contributed by atoms with Crippen molar-refractivity contribution in [3.63, 3.8) is 0 Å². The highest BCUT2D eigenvalue weighted by atomic mass is 19.1. The van der Waals surface area contributed by atoms with Crippen molar-refractivity contribution in [1.82, 2.24) is 15.3 Å². The normalized spacial score (nSPS) is 28.4. The average Bonchev–Trinajstić information content (AvgIpc) is 2.70. The van der Waals surface area contributed by atoms with Gasteiger partial charge < -0.3 is 14.8 Å². The van der Waals surface area contributed by atoms with Crippen molar-refractivity contribution < 1.29 is 18.7 Å². The van der Waals surface area contributed by atoms with Crippen LogP contribution < -0.4 is 20.5 Å². The third-order valence-corrected chi connectivity index (χ3v) is 6.80. The van der Waals surface area contributed by atoms with Crippen LogP contribution in [-0.2, 0) is 11.4 Å². The average molecular weight is 427 g/mol. The number of benzene rings is 1. The summed E-state index contributed by atoms with van der Waals surface area (Å²) in [6.45, 7) is -0.0538. The van der Waals surface area contributed by atoms with Crippen molar-refractivity contribution in [2.75, 3.05) is 6.61 Å². The largest absolute Gasteiger partial charge is 0.473 e. The first-order valence-electron chi connectivity index (χ1n) is 10.9. The third kappa shape index (κ3) is 4.57. The van der Waals surface area contributed by atoms with E-state index in [1.807, 2.05) is 0 Å². The standard InChI is InChI=1S/C23H26FN3O4/c24-18-3-1-14(2-4-18)12-30-20-8-21(26-22(29)25-20)31-13-19(28)27-23-9-15-5-16(10-23)7-17(6-15)11-23/h1-4,8,15-17H,5-7,9-13H2,(H,27,28)(H,25,26,29). The lowest BCUT2D eigenvalue weighted by Gasteiger charge is -2.56. The predicted molar refractivity (Wildman–Crippen MR) is 110 cm³/mol. The summed E-state index contributed by atoms with van der Waals surface area (Å²) in [5.74, 6) is 1.91. The lowest BCUT2D eigenvalue weighted by Crippen LogP contribution is -2.60. The molecular weight excluding hydrogens is 401 g/mol. The molecule has 4 fully saturated rings. The number of hydrogen-bond acceptors (Lipinski definition) is 5. The number of carbonyl (C=O) groups excluding carboxylic acids is 1. The van der Waals surface area contributed by atoms with E-state index in [0.717, 1.165) is 42.6 Å². The first-order chi connectivity index (χ1) is 14.9. The monoisotopic (exact) mass is 427 g/mol. The maximum Gasteiger partial charge on any atom is 0.351 e. The van der Waals surface area contributed by atoms with E-state index >= 15 is 0 Å². The highest BCUT2D eigenvalue weighted by molar-refractivity contribution is 5.78. The Labute approximate surface area is 179 Å². The summed E-state index contributed by atoms with van der Waals surface area (Å²) in [5.41, 5.74) is 0.0265. The minimum absolute atomic E-state index is 0.0737. The number of halogens is 1. The molecule has 1 heterocycles. The van der Waals surface area contributed by atoms with Gasteiger partial charge in [-0.15, -0.1) is 0 Å². The molecule has 0 aliphatic heterocycles. The van der Waals surface area contributed by atoms with Crippen LogP contribution in [0.25, 0.3) is 0 Å². The molecule has 2 aromatic rings. The highest BCUT2D eigenvalue weighted by Gasteiger charge is 2.51. The molecule has 0 spiro atoms. The molecule has 164 valence electrons. The van der Waals surface area contributed by atoms with Gasteiger partial charge in [-0.05, 0) is 74.0 Å². The molecule has 0 radical (unpaired) electrons. The zero-order valence-electron chi connectivity index (χ0n) is 17.2. The molecule has 2 N–H and O–H groups in total. The van der Waals surface area contributed by atoms with Gasteiger partial charge in [0.15, 0.2) is 6.61 Å². The second-order valence-corrected chi connectivity index (χ2v) is 9.34. The zero-order valence-corrected chi connectivity index (χ0v) is 17.2. The molecular formula is C23H26FN3O4. The van der Waals surface area contributed by atoms with E-state index in [2.05, 4.69) is 15.3 Å². The Morgan fingerprint density at radius 1 is 1.10 bits per heavy atom. The van der Waals surface area contributed by atoms with Crippen molar-refractivity contribution >= 4 is 5.91 Å². The van der Waals surface area contributed by atoms with Gasteiger partial charge in [0.25, 0.3) is 5.91 Å². The Balaban J connectivity index is 1.17. The molecule has 0 saturated heterocycles. The smallest absolute Gasteiger partial charge is 0.351 e. The quantitative estimate of drug-likeness (QED) is 0.709. The SMILES string of the molecule is O=C(COc1cc(OCc2ccc(F)cc2)nc(=O)[nH]1)NC12CC3CC(CC(C3)C1)C2. The van der Waals surface area contributed by atoms with Crippen LogP contribution in [-0.4, -0.2) is 28.0 Å². The molecule has 4 saturated carbocycles. The van der Waals surface area contributed by atoms with Crippen LogP contribution in [0.2, 0.25) is 0 Å². The van der Waals surface area contributed by atoms with Gasteiger partial charge in [0.1, 0.15) is 12.4 Å². The molecule has 7 nitrogen and oxygen atoms in total. The molecule has 4 bridgehead atoms. The van der Waals surface area contributed by atoms with Gasteiger partial charge in [-0.1, -0.05) is 12.1 Å². The first kappa shape index (κ1) is 20.0. The molecule has 1 aromatic heterocycles. The fourth-order valence-electron chi connectivity index (χ4n) is 6.04. The summed E-state index contributed by atoms with van der Waals surface area (Å²) >= 11 is 0. The Morgan fingerprint density at radius 2 is 1.74 bits per heavy atom. The summed E-state index contributed by atoms with van der Waals surface area (Å²) in [5, 5.41) is 3.24. The molecule has 4 aliphatic rings. The summed E-state index contributed by atoms with van der Waals surface area (Å²) < 4.78 is 24.0. The molecule has 31 heavy (non-hydrogen) atoms. The van der Waals surface area contributed by atoms with E-state index in [0.29, 0.717) is 0 Å². The number of nitrogens with one attached hydrogen (secondary N) is 2. The van der Waals surface area contributed by atoms with Gasteiger partial charge in [-0.2, -0.15) is 4.98 Å². The number of hydrogen-bond donors (Lipinski definition) is 2. The van der Waals surface area contributed by atoms with Crippen LogP contribution >= 0.6 is 0 Å².